The SMILES string of the molecule is O=C([C@H]1CC(N2C(=O)CCC2=O)C2CC1C2)N1CCCC1c1cccc(I)c1. The average Bonchev–Trinajstić information content (AvgIpc) is 3.26. The van der Waals surface area contributed by atoms with Gasteiger partial charge in [-0.25, -0.2) is 0 Å². The fourth-order valence-electron chi connectivity index (χ4n) is 5.88. The molecule has 2 bridgehead atoms. The molecule has 28 heavy (non-hydrogen) atoms. The van der Waals surface area contributed by atoms with Gasteiger partial charge in [0.15, 0.2) is 0 Å². The number of benzene rings is 1. The highest BCUT2D eigenvalue weighted by Crippen LogP contribution is 2.52. The molecule has 1 aromatic carbocycles. The summed E-state index contributed by atoms with van der Waals surface area (Å²) in [4.78, 5) is 41.7. The zero-order valence-corrected chi connectivity index (χ0v) is 18.0. The van der Waals surface area contributed by atoms with Gasteiger partial charge >= 0.3 is 0 Å². The van der Waals surface area contributed by atoms with Crippen molar-refractivity contribution in [2.45, 2.75) is 57.0 Å². The predicted molar refractivity (Wildman–Crippen MR) is 112 cm³/mol. The maximum absolute atomic E-state index is 13.6. The Bertz CT molecular complexity index is 819. The van der Waals surface area contributed by atoms with Crippen LogP contribution in [0.4, 0.5) is 0 Å². The third-order valence-electron chi connectivity index (χ3n) is 7.33. The largest absolute Gasteiger partial charge is 0.335 e. The van der Waals surface area contributed by atoms with Crippen LogP contribution in [0.2, 0.25) is 0 Å². The molecule has 0 spiro atoms. The molecule has 2 unspecified atom stereocenters. The first-order chi connectivity index (χ1) is 13.5. The molecule has 3 saturated carbocycles. The van der Waals surface area contributed by atoms with Crippen molar-refractivity contribution in [1.82, 2.24) is 9.80 Å². The maximum atomic E-state index is 13.6. The van der Waals surface area contributed by atoms with Crippen LogP contribution in [-0.4, -0.2) is 40.1 Å². The van der Waals surface area contributed by atoms with E-state index in [1.165, 1.54) is 14.0 Å². The highest BCUT2D eigenvalue weighted by atomic mass is 127. The van der Waals surface area contributed by atoms with Crippen molar-refractivity contribution in [3.8, 4) is 0 Å². The van der Waals surface area contributed by atoms with Crippen LogP contribution in [0.25, 0.3) is 0 Å². The number of nitrogens with zero attached hydrogens (tertiary/aromatic N) is 2. The Morgan fingerprint density at radius 2 is 1.79 bits per heavy atom. The Kier molecular flexibility index (Phi) is 4.72. The van der Waals surface area contributed by atoms with Crippen molar-refractivity contribution in [1.29, 1.82) is 0 Å². The van der Waals surface area contributed by atoms with Gasteiger partial charge in [0.1, 0.15) is 0 Å². The minimum absolute atomic E-state index is 0.0375. The van der Waals surface area contributed by atoms with Gasteiger partial charge in [0, 0.05) is 34.9 Å². The Balaban J connectivity index is 1.36. The molecule has 3 aliphatic carbocycles. The van der Waals surface area contributed by atoms with E-state index < -0.39 is 0 Å². The second kappa shape index (κ2) is 7.11. The van der Waals surface area contributed by atoms with Crippen LogP contribution >= 0.6 is 22.6 Å². The molecule has 0 N–H and O–H groups in total. The third-order valence-corrected chi connectivity index (χ3v) is 8.00. The van der Waals surface area contributed by atoms with E-state index in [1.54, 1.807) is 0 Å². The van der Waals surface area contributed by atoms with Crippen LogP contribution in [0, 0.1) is 21.3 Å². The molecule has 3 atom stereocenters. The summed E-state index contributed by atoms with van der Waals surface area (Å²) in [5.74, 6) is 0.964. The zero-order valence-electron chi connectivity index (χ0n) is 15.9. The molecule has 3 amide bonds. The van der Waals surface area contributed by atoms with Crippen LogP contribution in [0.3, 0.4) is 0 Å². The Labute approximate surface area is 179 Å². The minimum atomic E-state index is -0.0554. The average molecular weight is 492 g/mol. The summed E-state index contributed by atoms with van der Waals surface area (Å²) in [6.07, 6.45) is 5.36. The molecule has 2 saturated heterocycles. The van der Waals surface area contributed by atoms with Crippen LogP contribution in [0.15, 0.2) is 24.3 Å². The van der Waals surface area contributed by atoms with Gasteiger partial charge < -0.3 is 4.90 Å². The van der Waals surface area contributed by atoms with E-state index in [9.17, 15) is 14.4 Å². The van der Waals surface area contributed by atoms with Crippen molar-refractivity contribution in [3.05, 3.63) is 33.4 Å². The highest BCUT2D eigenvalue weighted by Gasteiger charge is 2.54. The van der Waals surface area contributed by atoms with Crippen LogP contribution in [-0.2, 0) is 14.4 Å². The maximum Gasteiger partial charge on any atom is 0.229 e. The first kappa shape index (κ1) is 18.6. The molecule has 2 heterocycles. The second-order valence-electron chi connectivity index (χ2n) is 8.80. The highest BCUT2D eigenvalue weighted by molar-refractivity contribution is 14.1. The molecule has 2 aliphatic heterocycles. The molecule has 0 aromatic heterocycles. The fraction of sp³-hybridized carbons (Fsp3) is 0.591. The molecule has 1 aromatic rings. The van der Waals surface area contributed by atoms with Crippen molar-refractivity contribution < 1.29 is 14.4 Å². The summed E-state index contributed by atoms with van der Waals surface area (Å²) in [5.41, 5.74) is 1.22. The summed E-state index contributed by atoms with van der Waals surface area (Å²) in [6.45, 7) is 0.813. The number of halogens is 1. The van der Waals surface area contributed by atoms with Gasteiger partial charge in [-0.05, 0) is 84.2 Å². The lowest BCUT2D eigenvalue weighted by molar-refractivity contribution is -0.157. The van der Waals surface area contributed by atoms with Gasteiger partial charge in [-0.15, -0.1) is 0 Å². The number of hydrogen-bond acceptors (Lipinski definition) is 3. The Morgan fingerprint density at radius 1 is 1.04 bits per heavy atom. The number of carbonyl (C=O) groups is 3. The quantitative estimate of drug-likeness (QED) is 0.480. The predicted octanol–water partition coefficient (Wildman–Crippen LogP) is 3.52. The molecule has 6 heteroatoms. The second-order valence-corrected chi connectivity index (χ2v) is 10.0. The van der Waals surface area contributed by atoms with Gasteiger partial charge in [0.25, 0.3) is 0 Å². The normalized spacial score (nSPS) is 34.7. The van der Waals surface area contributed by atoms with E-state index in [1.807, 2.05) is 0 Å². The topological polar surface area (TPSA) is 57.7 Å². The fourth-order valence-corrected chi connectivity index (χ4v) is 6.45. The van der Waals surface area contributed by atoms with E-state index in [-0.39, 0.29) is 35.7 Å². The lowest BCUT2D eigenvalue weighted by Crippen LogP contribution is -2.57. The van der Waals surface area contributed by atoms with E-state index in [0.29, 0.717) is 31.1 Å². The number of hydrogen-bond donors (Lipinski definition) is 0. The lowest BCUT2D eigenvalue weighted by atomic mass is 9.57. The zero-order chi connectivity index (χ0) is 19.4. The number of rotatable bonds is 3. The van der Waals surface area contributed by atoms with Crippen molar-refractivity contribution in [2.24, 2.45) is 17.8 Å². The number of fused-ring (bicyclic) bond motifs is 2. The summed E-state index contributed by atoms with van der Waals surface area (Å²) >= 11 is 2.32. The third kappa shape index (κ3) is 2.99. The number of carbonyl (C=O) groups excluding carboxylic acids is 3. The molecule has 5 nitrogen and oxygen atoms in total. The van der Waals surface area contributed by atoms with Gasteiger partial charge in [0.2, 0.25) is 17.7 Å². The monoisotopic (exact) mass is 492 g/mol. The first-order valence-corrected chi connectivity index (χ1v) is 11.5. The molecule has 6 rings (SSSR count). The van der Waals surface area contributed by atoms with Gasteiger partial charge in [-0.1, -0.05) is 12.1 Å². The van der Waals surface area contributed by atoms with E-state index in [2.05, 4.69) is 51.8 Å². The molecule has 0 radical (unpaired) electrons. The van der Waals surface area contributed by atoms with Gasteiger partial charge in [0.05, 0.1) is 6.04 Å². The molecule has 5 fully saturated rings. The van der Waals surface area contributed by atoms with Crippen molar-refractivity contribution in [2.75, 3.05) is 6.54 Å². The smallest absolute Gasteiger partial charge is 0.229 e. The van der Waals surface area contributed by atoms with E-state index in [0.717, 1.165) is 32.2 Å². The Morgan fingerprint density at radius 3 is 2.50 bits per heavy atom. The van der Waals surface area contributed by atoms with E-state index >= 15 is 0 Å². The van der Waals surface area contributed by atoms with Crippen molar-refractivity contribution in [3.63, 3.8) is 0 Å². The molecular formula is C22H25IN2O3. The summed E-state index contributed by atoms with van der Waals surface area (Å²) in [7, 11) is 0. The van der Waals surface area contributed by atoms with Gasteiger partial charge in [-0.3, -0.25) is 19.3 Å². The minimum Gasteiger partial charge on any atom is -0.335 e. The Hall–Kier alpha value is -1.44. The van der Waals surface area contributed by atoms with Crippen LogP contribution in [0.5, 0.6) is 0 Å². The van der Waals surface area contributed by atoms with Gasteiger partial charge in [-0.2, -0.15) is 0 Å². The number of likely N-dealkylation sites (tertiary alicyclic amines) is 2. The summed E-state index contributed by atoms with van der Waals surface area (Å²) < 4.78 is 1.19. The molecule has 148 valence electrons. The number of amides is 3. The molecular weight excluding hydrogens is 467 g/mol. The van der Waals surface area contributed by atoms with E-state index in [4.69, 9.17) is 0 Å². The van der Waals surface area contributed by atoms with Crippen LogP contribution in [0.1, 0.15) is 56.6 Å². The number of imide groups is 1. The summed E-state index contributed by atoms with van der Waals surface area (Å²) in [6, 6.07) is 8.56. The first-order valence-electron chi connectivity index (χ1n) is 10.4. The summed E-state index contributed by atoms with van der Waals surface area (Å²) in [5, 5.41) is 0. The van der Waals surface area contributed by atoms with Crippen molar-refractivity contribution >= 4 is 40.3 Å². The lowest BCUT2D eigenvalue weighted by Gasteiger charge is -2.53. The molecule has 5 aliphatic rings. The van der Waals surface area contributed by atoms with Crippen LogP contribution < -0.4 is 0 Å². The standard InChI is InChI=1S/C22H25IN2O3/c23-16-4-1-3-13(11-16)18-5-2-8-24(18)22(28)17-12-19(15-9-14(17)10-15)25-20(26)6-7-21(25)27/h1,3-4,11,14-15,17-19H,2,5-10,12H2/t14?,15?,17-,18?,19?/m0/s1.